The molecule has 0 aromatic carbocycles. The Hall–Kier alpha value is -1.91. The lowest BCUT2D eigenvalue weighted by molar-refractivity contribution is -0.136. The number of carbonyl (C=O) groups is 1. The molecule has 0 aliphatic rings. The van der Waals surface area contributed by atoms with Gasteiger partial charge in [0.15, 0.2) is 0 Å². The largest absolute Gasteiger partial charge is 0.481 e. The highest BCUT2D eigenvalue weighted by Gasteiger charge is 2.17. The van der Waals surface area contributed by atoms with Crippen LogP contribution in [-0.2, 0) is 11.2 Å². The number of rotatable bonds is 3. The van der Waals surface area contributed by atoms with Crippen molar-refractivity contribution in [2.75, 3.05) is 0 Å². The van der Waals surface area contributed by atoms with Crippen molar-refractivity contribution in [3.05, 3.63) is 29.8 Å². The van der Waals surface area contributed by atoms with Gasteiger partial charge in [-0.2, -0.15) is 0 Å². The standard InChI is InChI=1S/C11H13N3O2/c1-7(2)10-8(6-9(15)16)14-5-3-4-12-11(14)13-10/h3-5,7H,6H2,1-2H3,(H,15,16). The van der Waals surface area contributed by atoms with Crippen molar-refractivity contribution in [2.24, 2.45) is 0 Å². The van der Waals surface area contributed by atoms with Crippen molar-refractivity contribution >= 4 is 11.7 Å². The highest BCUT2D eigenvalue weighted by atomic mass is 16.4. The maximum absolute atomic E-state index is 10.8. The van der Waals surface area contributed by atoms with Crippen molar-refractivity contribution in [3.63, 3.8) is 0 Å². The van der Waals surface area contributed by atoms with Gasteiger partial charge in [0.25, 0.3) is 0 Å². The minimum Gasteiger partial charge on any atom is -0.481 e. The number of imidazole rings is 1. The molecule has 0 aliphatic heterocycles. The highest BCUT2D eigenvalue weighted by molar-refractivity contribution is 5.70. The van der Waals surface area contributed by atoms with E-state index >= 15 is 0 Å². The van der Waals surface area contributed by atoms with Gasteiger partial charge in [-0.25, -0.2) is 9.97 Å². The molecular weight excluding hydrogens is 206 g/mol. The molecule has 1 N–H and O–H groups in total. The summed E-state index contributed by atoms with van der Waals surface area (Å²) in [6.07, 6.45) is 3.41. The van der Waals surface area contributed by atoms with Crippen LogP contribution in [0.2, 0.25) is 0 Å². The van der Waals surface area contributed by atoms with Gasteiger partial charge in [-0.05, 0) is 12.0 Å². The number of fused-ring (bicyclic) bond motifs is 1. The van der Waals surface area contributed by atoms with Gasteiger partial charge in [-0.15, -0.1) is 0 Å². The van der Waals surface area contributed by atoms with Crippen molar-refractivity contribution in [1.29, 1.82) is 0 Å². The van der Waals surface area contributed by atoms with Crippen molar-refractivity contribution in [3.8, 4) is 0 Å². The Morgan fingerprint density at radius 2 is 2.31 bits per heavy atom. The van der Waals surface area contributed by atoms with Crippen LogP contribution < -0.4 is 0 Å². The maximum Gasteiger partial charge on any atom is 0.309 e. The van der Waals surface area contributed by atoms with Crippen LogP contribution in [0.4, 0.5) is 0 Å². The van der Waals surface area contributed by atoms with Crippen molar-refractivity contribution in [1.82, 2.24) is 14.4 Å². The molecule has 5 nitrogen and oxygen atoms in total. The summed E-state index contributed by atoms with van der Waals surface area (Å²) < 4.78 is 1.74. The van der Waals surface area contributed by atoms with E-state index in [9.17, 15) is 4.79 Å². The van der Waals surface area contributed by atoms with Gasteiger partial charge in [-0.3, -0.25) is 9.20 Å². The average molecular weight is 219 g/mol. The lowest BCUT2D eigenvalue weighted by atomic mass is 10.1. The third-order valence-corrected chi connectivity index (χ3v) is 2.40. The molecule has 0 atom stereocenters. The molecule has 0 aliphatic carbocycles. The third-order valence-electron chi connectivity index (χ3n) is 2.40. The number of hydrogen-bond donors (Lipinski definition) is 1. The normalized spacial score (nSPS) is 11.2. The van der Waals surface area contributed by atoms with E-state index in [1.54, 1.807) is 22.9 Å². The van der Waals surface area contributed by atoms with Gasteiger partial charge in [0.05, 0.1) is 17.8 Å². The minimum atomic E-state index is -0.854. The number of aliphatic carboxylic acids is 1. The molecule has 0 fully saturated rings. The fourth-order valence-corrected chi connectivity index (χ4v) is 1.73. The van der Waals surface area contributed by atoms with Gasteiger partial charge in [0, 0.05) is 12.4 Å². The second-order valence-electron chi connectivity index (χ2n) is 3.96. The summed E-state index contributed by atoms with van der Waals surface area (Å²) in [6, 6.07) is 1.77. The zero-order valence-corrected chi connectivity index (χ0v) is 9.21. The number of carboxylic acids is 1. The molecule has 84 valence electrons. The minimum absolute atomic E-state index is 0.0274. The SMILES string of the molecule is CC(C)c1nc2ncccn2c1CC(=O)O. The molecule has 2 rings (SSSR count). The van der Waals surface area contributed by atoms with E-state index < -0.39 is 5.97 Å². The van der Waals surface area contributed by atoms with E-state index in [-0.39, 0.29) is 12.3 Å². The molecule has 2 heterocycles. The van der Waals surface area contributed by atoms with Crippen LogP contribution in [0.25, 0.3) is 5.78 Å². The molecule has 0 unspecified atom stereocenters. The van der Waals surface area contributed by atoms with E-state index in [1.165, 1.54) is 0 Å². The van der Waals surface area contributed by atoms with Crippen LogP contribution in [-0.4, -0.2) is 25.4 Å². The zero-order chi connectivity index (χ0) is 11.7. The topological polar surface area (TPSA) is 67.5 Å². The van der Waals surface area contributed by atoms with Crippen LogP contribution in [0.5, 0.6) is 0 Å². The molecule has 0 bridgehead atoms. The summed E-state index contributed by atoms with van der Waals surface area (Å²) in [5, 5.41) is 8.89. The summed E-state index contributed by atoms with van der Waals surface area (Å²) in [5.74, 6) is -0.106. The summed E-state index contributed by atoms with van der Waals surface area (Å²) >= 11 is 0. The van der Waals surface area contributed by atoms with Gasteiger partial charge in [0.2, 0.25) is 5.78 Å². The Balaban J connectivity index is 2.64. The van der Waals surface area contributed by atoms with Gasteiger partial charge in [-0.1, -0.05) is 13.8 Å². The smallest absolute Gasteiger partial charge is 0.309 e. The summed E-state index contributed by atoms with van der Waals surface area (Å²) in [7, 11) is 0. The first-order valence-electron chi connectivity index (χ1n) is 5.13. The van der Waals surface area contributed by atoms with Gasteiger partial charge >= 0.3 is 5.97 Å². The van der Waals surface area contributed by atoms with Crippen LogP contribution in [0.1, 0.15) is 31.2 Å². The number of nitrogens with zero attached hydrogens (tertiary/aromatic N) is 3. The average Bonchev–Trinajstić information content (AvgIpc) is 2.57. The van der Waals surface area contributed by atoms with Crippen LogP contribution in [0.15, 0.2) is 18.5 Å². The molecule has 16 heavy (non-hydrogen) atoms. The van der Waals surface area contributed by atoms with Crippen LogP contribution >= 0.6 is 0 Å². The Morgan fingerprint density at radius 1 is 1.56 bits per heavy atom. The molecule has 2 aromatic heterocycles. The molecule has 0 saturated carbocycles. The Kier molecular flexibility index (Phi) is 2.60. The maximum atomic E-state index is 10.8. The lowest BCUT2D eigenvalue weighted by Gasteiger charge is -2.04. The molecule has 0 saturated heterocycles. The summed E-state index contributed by atoms with van der Waals surface area (Å²) in [6.45, 7) is 3.99. The monoisotopic (exact) mass is 219 g/mol. The lowest BCUT2D eigenvalue weighted by Crippen LogP contribution is -2.06. The molecular formula is C11H13N3O2. The zero-order valence-electron chi connectivity index (χ0n) is 9.21. The molecule has 0 amide bonds. The van der Waals surface area contributed by atoms with Crippen molar-refractivity contribution in [2.45, 2.75) is 26.2 Å². The first-order valence-corrected chi connectivity index (χ1v) is 5.13. The molecule has 0 spiro atoms. The fourth-order valence-electron chi connectivity index (χ4n) is 1.73. The van der Waals surface area contributed by atoms with E-state index in [4.69, 9.17) is 5.11 Å². The Morgan fingerprint density at radius 3 is 2.94 bits per heavy atom. The van der Waals surface area contributed by atoms with E-state index in [1.807, 2.05) is 13.8 Å². The second-order valence-corrected chi connectivity index (χ2v) is 3.96. The summed E-state index contributed by atoms with van der Waals surface area (Å²) in [4.78, 5) is 19.3. The van der Waals surface area contributed by atoms with Crippen molar-refractivity contribution < 1.29 is 9.90 Å². The van der Waals surface area contributed by atoms with E-state index in [0.717, 1.165) is 5.69 Å². The third kappa shape index (κ3) is 1.76. The second kappa shape index (κ2) is 3.92. The van der Waals surface area contributed by atoms with E-state index in [0.29, 0.717) is 11.5 Å². The number of hydrogen-bond acceptors (Lipinski definition) is 3. The fraction of sp³-hybridized carbons (Fsp3) is 0.364. The molecule has 5 heteroatoms. The number of aromatic nitrogens is 3. The van der Waals surface area contributed by atoms with Crippen LogP contribution in [0.3, 0.4) is 0 Å². The van der Waals surface area contributed by atoms with Crippen LogP contribution in [0, 0.1) is 0 Å². The first-order chi connectivity index (χ1) is 7.59. The summed E-state index contributed by atoms with van der Waals surface area (Å²) in [5.41, 5.74) is 1.52. The Labute approximate surface area is 92.8 Å². The van der Waals surface area contributed by atoms with Gasteiger partial charge in [0.1, 0.15) is 0 Å². The highest BCUT2D eigenvalue weighted by Crippen LogP contribution is 2.20. The predicted molar refractivity (Wildman–Crippen MR) is 58.4 cm³/mol. The quantitative estimate of drug-likeness (QED) is 0.849. The number of carboxylic acid groups (broad SMARTS) is 1. The molecule has 2 aromatic rings. The molecule has 0 radical (unpaired) electrons. The Bertz CT molecular complexity index is 531. The van der Waals surface area contributed by atoms with E-state index in [2.05, 4.69) is 9.97 Å². The predicted octanol–water partition coefficient (Wildman–Crippen LogP) is 1.48. The first kappa shape index (κ1) is 10.6. The van der Waals surface area contributed by atoms with Gasteiger partial charge < -0.3 is 5.11 Å².